The first kappa shape index (κ1) is 16.7. The maximum Gasteiger partial charge on any atom is 0.251 e. The molecule has 1 atom stereocenters. The molecule has 0 radical (unpaired) electrons. The smallest absolute Gasteiger partial charge is 0.251 e. The number of nitrogens with one attached hydrogen (secondary N) is 2. The molecule has 4 N–H and O–H groups in total. The van der Waals surface area contributed by atoms with Crippen LogP contribution in [-0.2, 0) is 4.74 Å². The van der Waals surface area contributed by atoms with E-state index in [0.29, 0.717) is 24.6 Å². The topological polar surface area (TPSA) is 89.3 Å². The summed E-state index contributed by atoms with van der Waals surface area (Å²) in [6.45, 7) is 7.05. The number of hydrazine groups is 1. The Labute approximate surface area is 124 Å². The molecule has 0 spiro atoms. The molecule has 0 saturated carbocycles. The number of rotatable bonds is 7. The first-order chi connectivity index (χ1) is 9.47. The maximum absolute atomic E-state index is 12.2. The van der Waals surface area contributed by atoms with Gasteiger partial charge in [0.1, 0.15) is 11.0 Å². The predicted molar refractivity (Wildman–Crippen MR) is 79.6 cm³/mol. The van der Waals surface area contributed by atoms with Gasteiger partial charge >= 0.3 is 0 Å². The maximum atomic E-state index is 12.2. The van der Waals surface area contributed by atoms with Crippen LogP contribution in [0.15, 0.2) is 12.1 Å². The summed E-state index contributed by atoms with van der Waals surface area (Å²) in [5.41, 5.74) is 2.78. The van der Waals surface area contributed by atoms with Gasteiger partial charge in [0.15, 0.2) is 0 Å². The molecule has 0 aromatic carbocycles. The van der Waals surface area contributed by atoms with Gasteiger partial charge in [0.25, 0.3) is 5.91 Å². The van der Waals surface area contributed by atoms with Crippen molar-refractivity contribution in [2.24, 2.45) is 11.8 Å². The highest BCUT2D eigenvalue weighted by Crippen LogP contribution is 2.14. The highest BCUT2D eigenvalue weighted by Gasteiger charge is 2.18. The van der Waals surface area contributed by atoms with Gasteiger partial charge in [0.2, 0.25) is 0 Å². The van der Waals surface area contributed by atoms with Crippen LogP contribution in [0.3, 0.4) is 0 Å². The minimum absolute atomic E-state index is 0.0660. The largest absolute Gasteiger partial charge is 0.380 e. The van der Waals surface area contributed by atoms with Crippen molar-refractivity contribution >= 4 is 23.3 Å². The summed E-state index contributed by atoms with van der Waals surface area (Å²) in [4.78, 5) is 16.1. The normalized spacial score (nSPS) is 12.3. The van der Waals surface area contributed by atoms with Crippen LogP contribution in [0.1, 0.15) is 31.1 Å². The molecule has 112 valence electrons. The van der Waals surface area contributed by atoms with E-state index in [1.165, 1.54) is 6.07 Å². The SMILES string of the molecule is CCOCC(NC(=O)c1cc(Cl)nc(NN)c1)C(C)C. The van der Waals surface area contributed by atoms with Crippen molar-refractivity contribution in [1.29, 1.82) is 0 Å². The van der Waals surface area contributed by atoms with Crippen LogP contribution in [-0.4, -0.2) is 30.1 Å². The van der Waals surface area contributed by atoms with E-state index in [1.54, 1.807) is 6.07 Å². The molecular formula is C13H21ClN4O2. The van der Waals surface area contributed by atoms with E-state index in [4.69, 9.17) is 22.2 Å². The number of carbonyl (C=O) groups is 1. The van der Waals surface area contributed by atoms with Gasteiger partial charge in [0, 0.05) is 12.2 Å². The van der Waals surface area contributed by atoms with Crippen LogP contribution in [0.2, 0.25) is 5.15 Å². The molecule has 0 fully saturated rings. The lowest BCUT2D eigenvalue weighted by Gasteiger charge is -2.22. The van der Waals surface area contributed by atoms with E-state index >= 15 is 0 Å². The molecule has 0 aliphatic carbocycles. The zero-order chi connectivity index (χ0) is 15.1. The number of hydrogen-bond donors (Lipinski definition) is 3. The standard InChI is InChI=1S/C13H21ClN4O2/c1-4-20-7-10(8(2)3)16-13(19)9-5-11(14)17-12(6-9)18-15/h5-6,8,10H,4,7,15H2,1-3H3,(H,16,19)(H,17,18). The van der Waals surface area contributed by atoms with Gasteiger partial charge < -0.3 is 15.5 Å². The van der Waals surface area contributed by atoms with Crippen molar-refractivity contribution in [3.63, 3.8) is 0 Å². The Kier molecular flexibility index (Phi) is 6.70. The number of halogens is 1. The van der Waals surface area contributed by atoms with E-state index in [0.717, 1.165) is 0 Å². The number of aromatic nitrogens is 1. The van der Waals surface area contributed by atoms with Crippen molar-refractivity contribution in [3.8, 4) is 0 Å². The van der Waals surface area contributed by atoms with Gasteiger partial charge in [-0.1, -0.05) is 25.4 Å². The quantitative estimate of drug-likeness (QED) is 0.406. The Balaban J connectivity index is 2.80. The zero-order valence-electron chi connectivity index (χ0n) is 11.9. The lowest BCUT2D eigenvalue weighted by molar-refractivity contribution is 0.0806. The van der Waals surface area contributed by atoms with E-state index in [1.807, 2.05) is 20.8 Å². The summed E-state index contributed by atoms with van der Waals surface area (Å²) in [6, 6.07) is 2.97. The molecule has 0 bridgehead atoms. The number of nitrogen functional groups attached to an aromatic ring is 1. The summed E-state index contributed by atoms with van der Waals surface area (Å²) in [5, 5.41) is 3.13. The van der Waals surface area contributed by atoms with Gasteiger partial charge in [-0.3, -0.25) is 4.79 Å². The van der Waals surface area contributed by atoms with E-state index in [-0.39, 0.29) is 23.0 Å². The van der Waals surface area contributed by atoms with E-state index in [9.17, 15) is 4.79 Å². The molecule has 1 aromatic heterocycles. The van der Waals surface area contributed by atoms with Gasteiger partial charge in [0.05, 0.1) is 12.6 Å². The summed E-state index contributed by atoms with van der Waals surface area (Å²) in [6.07, 6.45) is 0. The minimum Gasteiger partial charge on any atom is -0.380 e. The Morgan fingerprint density at radius 3 is 2.75 bits per heavy atom. The molecule has 0 aliphatic heterocycles. The fourth-order valence-electron chi connectivity index (χ4n) is 1.60. The van der Waals surface area contributed by atoms with Crippen LogP contribution in [0.25, 0.3) is 0 Å². The zero-order valence-corrected chi connectivity index (χ0v) is 12.7. The van der Waals surface area contributed by atoms with Gasteiger partial charge in [-0.05, 0) is 25.0 Å². The molecule has 0 aliphatic rings. The van der Waals surface area contributed by atoms with E-state index in [2.05, 4.69) is 15.7 Å². The summed E-state index contributed by atoms with van der Waals surface area (Å²) in [5.74, 6) is 5.65. The van der Waals surface area contributed by atoms with Crippen LogP contribution >= 0.6 is 11.6 Å². The van der Waals surface area contributed by atoms with Crippen LogP contribution < -0.4 is 16.6 Å². The van der Waals surface area contributed by atoms with E-state index < -0.39 is 0 Å². The summed E-state index contributed by atoms with van der Waals surface area (Å²) >= 11 is 5.84. The number of anilines is 1. The molecular weight excluding hydrogens is 280 g/mol. The Hall–Kier alpha value is -1.37. The average Bonchev–Trinajstić information content (AvgIpc) is 2.42. The van der Waals surface area contributed by atoms with Crippen LogP contribution in [0.4, 0.5) is 5.82 Å². The van der Waals surface area contributed by atoms with Gasteiger partial charge in [-0.25, -0.2) is 10.8 Å². The highest BCUT2D eigenvalue weighted by atomic mass is 35.5. The third-order valence-corrected chi connectivity index (χ3v) is 3.02. The van der Waals surface area contributed by atoms with Crippen LogP contribution in [0, 0.1) is 5.92 Å². The second-order valence-corrected chi connectivity index (χ2v) is 5.08. The number of amides is 1. The third kappa shape index (κ3) is 4.96. The third-order valence-electron chi connectivity index (χ3n) is 2.83. The molecule has 1 rings (SSSR count). The van der Waals surface area contributed by atoms with Crippen molar-refractivity contribution in [3.05, 3.63) is 22.8 Å². The second-order valence-electron chi connectivity index (χ2n) is 4.69. The number of pyridine rings is 1. The number of hydrogen-bond acceptors (Lipinski definition) is 5. The number of carbonyl (C=O) groups excluding carboxylic acids is 1. The second kappa shape index (κ2) is 8.04. The number of nitrogens with zero attached hydrogens (tertiary/aromatic N) is 1. The summed E-state index contributed by atoms with van der Waals surface area (Å²) < 4.78 is 5.38. The number of nitrogens with two attached hydrogens (primary N) is 1. The Bertz CT molecular complexity index is 454. The van der Waals surface area contributed by atoms with Gasteiger partial charge in [-0.2, -0.15) is 0 Å². The molecule has 7 heteroatoms. The average molecular weight is 301 g/mol. The molecule has 1 unspecified atom stereocenters. The minimum atomic E-state index is -0.232. The lowest BCUT2D eigenvalue weighted by Crippen LogP contribution is -2.42. The molecule has 20 heavy (non-hydrogen) atoms. The Morgan fingerprint density at radius 2 is 2.20 bits per heavy atom. The van der Waals surface area contributed by atoms with Crippen molar-refractivity contribution in [1.82, 2.24) is 10.3 Å². The van der Waals surface area contributed by atoms with Crippen molar-refractivity contribution in [2.75, 3.05) is 18.6 Å². The molecule has 1 aromatic rings. The first-order valence-corrected chi connectivity index (χ1v) is 6.88. The highest BCUT2D eigenvalue weighted by molar-refractivity contribution is 6.29. The molecule has 1 heterocycles. The van der Waals surface area contributed by atoms with Gasteiger partial charge in [-0.15, -0.1) is 0 Å². The fraction of sp³-hybridized carbons (Fsp3) is 0.538. The Morgan fingerprint density at radius 1 is 1.50 bits per heavy atom. The number of ether oxygens (including phenoxy) is 1. The lowest BCUT2D eigenvalue weighted by atomic mass is 10.0. The molecule has 1 amide bonds. The molecule has 0 saturated heterocycles. The predicted octanol–water partition coefficient (Wildman–Crippen LogP) is 1.81. The van der Waals surface area contributed by atoms with Crippen molar-refractivity contribution in [2.45, 2.75) is 26.8 Å². The molecule has 6 nitrogen and oxygen atoms in total. The first-order valence-electron chi connectivity index (χ1n) is 6.50. The van der Waals surface area contributed by atoms with Crippen molar-refractivity contribution < 1.29 is 9.53 Å². The monoisotopic (exact) mass is 300 g/mol. The summed E-state index contributed by atoms with van der Waals surface area (Å²) in [7, 11) is 0. The fourth-order valence-corrected chi connectivity index (χ4v) is 1.81. The van der Waals surface area contributed by atoms with Crippen LogP contribution in [0.5, 0.6) is 0 Å².